The van der Waals surface area contributed by atoms with Gasteiger partial charge >= 0.3 is 5.97 Å². The average molecular weight is 282 g/mol. The van der Waals surface area contributed by atoms with Crippen LogP contribution in [0.2, 0.25) is 0 Å². The molecule has 3 aliphatic rings. The zero-order valence-corrected chi connectivity index (χ0v) is 12.6. The molecule has 0 bridgehead atoms. The number of rotatable bonds is 7. The van der Waals surface area contributed by atoms with E-state index < -0.39 is 5.54 Å². The van der Waals surface area contributed by atoms with Crippen molar-refractivity contribution in [2.24, 2.45) is 5.92 Å². The highest BCUT2D eigenvalue weighted by Crippen LogP contribution is 2.43. The molecule has 2 atom stereocenters. The SMILES string of the molecule is COC(=O)C(CN(C)C1CCOC1)(NC1CC1)C1CC1. The highest BCUT2D eigenvalue weighted by atomic mass is 16.5. The fourth-order valence-electron chi connectivity index (χ4n) is 3.33. The van der Waals surface area contributed by atoms with Crippen molar-refractivity contribution < 1.29 is 14.3 Å². The molecule has 0 aromatic carbocycles. The molecule has 1 heterocycles. The standard InChI is InChI=1S/C15H26N2O3/c1-17(13-7-8-20-9-13)10-15(11-3-4-11,14(18)19-2)16-12-5-6-12/h11-13,16H,3-10H2,1-2H3. The third kappa shape index (κ3) is 2.85. The summed E-state index contributed by atoms with van der Waals surface area (Å²) in [7, 11) is 3.61. The molecule has 2 saturated carbocycles. The Hall–Kier alpha value is -0.650. The van der Waals surface area contributed by atoms with Gasteiger partial charge in [0.2, 0.25) is 0 Å². The molecule has 0 aromatic rings. The molecular weight excluding hydrogens is 256 g/mol. The lowest BCUT2D eigenvalue weighted by Gasteiger charge is -2.38. The highest BCUT2D eigenvalue weighted by Gasteiger charge is 2.54. The Morgan fingerprint density at radius 2 is 2.10 bits per heavy atom. The molecule has 1 N–H and O–H groups in total. The molecule has 2 unspecified atom stereocenters. The number of esters is 1. The molecule has 1 aliphatic heterocycles. The number of likely N-dealkylation sites (N-methyl/N-ethyl adjacent to an activating group) is 1. The number of methoxy groups -OCH3 is 1. The summed E-state index contributed by atoms with van der Waals surface area (Å²) in [5.74, 6) is 0.345. The summed E-state index contributed by atoms with van der Waals surface area (Å²) < 4.78 is 10.6. The van der Waals surface area contributed by atoms with E-state index in [1.54, 1.807) is 0 Å². The second-order valence-electron chi connectivity index (χ2n) is 6.59. The molecule has 2 aliphatic carbocycles. The van der Waals surface area contributed by atoms with Crippen LogP contribution in [-0.2, 0) is 14.3 Å². The smallest absolute Gasteiger partial charge is 0.327 e. The van der Waals surface area contributed by atoms with Crippen LogP contribution in [0.4, 0.5) is 0 Å². The number of carbonyl (C=O) groups excluding carboxylic acids is 1. The maximum Gasteiger partial charge on any atom is 0.327 e. The molecular formula is C15H26N2O3. The number of carbonyl (C=O) groups is 1. The normalized spacial score (nSPS) is 29.4. The van der Waals surface area contributed by atoms with Gasteiger partial charge in [-0.15, -0.1) is 0 Å². The summed E-state index contributed by atoms with van der Waals surface area (Å²) in [6, 6.07) is 0.932. The van der Waals surface area contributed by atoms with Gasteiger partial charge in [0.25, 0.3) is 0 Å². The lowest BCUT2D eigenvalue weighted by Crippen LogP contribution is -2.62. The van der Waals surface area contributed by atoms with Crippen molar-refractivity contribution in [3.05, 3.63) is 0 Å². The predicted molar refractivity (Wildman–Crippen MR) is 75.5 cm³/mol. The summed E-state index contributed by atoms with van der Waals surface area (Å²) in [6.07, 6.45) is 5.68. The van der Waals surface area contributed by atoms with Gasteiger partial charge in [0.1, 0.15) is 5.54 Å². The van der Waals surface area contributed by atoms with Crippen molar-refractivity contribution in [1.29, 1.82) is 0 Å². The molecule has 0 amide bonds. The molecule has 0 radical (unpaired) electrons. The first kappa shape index (κ1) is 14.3. The maximum atomic E-state index is 12.5. The monoisotopic (exact) mass is 282 g/mol. The van der Waals surface area contributed by atoms with Gasteiger partial charge in [0.15, 0.2) is 0 Å². The van der Waals surface area contributed by atoms with Gasteiger partial charge in [-0.2, -0.15) is 0 Å². The van der Waals surface area contributed by atoms with Crippen LogP contribution in [0.3, 0.4) is 0 Å². The molecule has 5 heteroatoms. The Morgan fingerprint density at radius 1 is 1.35 bits per heavy atom. The predicted octanol–water partition coefficient (Wildman–Crippen LogP) is 0.781. The first-order chi connectivity index (χ1) is 9.65. The van der Waals surface area contributed by atoms with Gasteiger partial charge in [-0.3, -0.25) is 10.2 Å². The van der Waals surface area contributed by atoms with Gasteiger partial charge < -0.3 is 9.47 Å². The third-order valence-corrected chi connectivity index (χ3v) is 4.89. The number of hydrogen-bond acceptors (Lipinski definition) is 5. The Kier molecular flexibility index (Phi) is 4.02. The van der Waals surface area contributed by atoms with Crippen molar-refractivity contribution in [2.75, 3.05) is 33.9 Å². The average Bonchev–Trinajstić information content (AvgIpc) is 3.37. The minimum atomic E-state index is -0.507. The summed E-state index contributed by atoms with van der Waals surface area (Å²) >= 11 is 0. The van der Waals surface area contributed by atoms with Gasteiger partial charge in [-0.25, -0.2) is 4.79 Å². The first-order valence-electron chi connectivity index (χ1n) is 7.80. The minimum Gasteiger partial charge on any atom is -0.468 e. The second-order valence-corrected chi connectivity index (χ2v) is 6.59. The Labute approximate surface area is 121 Å². The molecule has 114 valence electrons. The topological polar surface area (TPSA) is 50.8 Å². The van der Waals surface area contributed by atoms with Gasteiger partial charge in [0.05, 0.1) is 13.7 Å². The second kappa shape index (κ2) is 5.62. The van der Waals surface area contributed by atoms with Crippen LogP contribution < -0.4 is 5.32 Å². The molecule has 0 spiro atoms. The van der Waals surface area contributed by atoms with Crippen molar-refractivity contribution in [2.45, 2.75) is 49.7 Å². The Bertz CT molecular complexity index is 362. The molecule has 5 nitrogen and oxygen atoms in total. The lowest BCUT2D eigenvalue weighted by molar-refractivity contribution is -0.151. The van der Waals surface area contributed by atoms with E-state index in [-0.39, 0.29) is 5.97 Å². The van der Waals surface area contributed by atoms with Crippen LogP contribution >= 0.6 is 0 Å². The minimum absolute atomic E-state index is 0.0855. The zero-order valence-electron chi connectivity index (χ0n) is 12.6. The van der Waals surface area contributed by atoms with E-state index in [0.29, 0.717) is 18.0 Å². The lowest BCUT2D eigenvalue weighted by atomic mass is 9.91. The summed E-state index contributed by atoms with van der Waals surface area (Å²) in [5.41, 5.74) is -0.507. The van der Waals surface area contributed by atoms with E-state index in [0.717, 1.165) is 39.0 Å². The summed E-state index contributed by atoms with van der Waals surface area (Å²) in [5, 5.41) is 3.61. The van der Waals surface area contributed by atoms with Gasteiger partial charge in [-0.1, -0.05) is 0 Å². The van der Waals surface area contributed by atoms with Crippen molar-refractivity contribution in [3.63, 3.8) is 0 Å². The van der Waals surface area contributed by atoms with Crippen molar-refractivity contribution in [1.82, 2.24) is 10.2 Å². The first-order valence-corrected chi connectivity index (χ1v) is 7.80. The largest absolute Gasteiger partial charge is 0.468 e. The van der Waals surface area contributed by atoms with E-state index in [1.165, 1.54) is 20.0 Å². The van der Waals surface area contributed by atoms with Crippen LogP contribution in [0.5, 0.6) is 0 Å². The molecule has 3 fully saturated rings. The van der Waals surface area contributed by atoms with Crippen LogP contribution in [0, 0.1) is 5.92 Å². The fraction of sp³-hybridized carbons (Fsp3) is 0.933. The van der Waals surface area contributed by atoms with E-state index >= 15 is 0 Å². The van der Waals surface area contributed by atoms with E-state index in [4.69, 9.17) is 9.47 Å². The fourth-order valence-corrected chi connectivity index (χ4v) is 3.33. The van der Waals surface area contributed by atoms with Crippen molar-refractivity contribution >= 4 is 5.97 Å². The van der Waals surface area contributed by atoms with Crippen LogP contribution in [0.1, 0.15) is 32.1 Å². The zero-order chi connectivity index (χ0) is 14.2. The Balaban J connectivity index is 1.73. The molecule has 3 rings (SSSR count). The molecule has 20 heavy (non-hydrogen) atoms. The Morgan fingerprint density at radius 3 is 2.60 bits per heavy atom. The van der Waals surface area contributed by atoms with E-state index in [2.05, 4.69) is 17.3 Å². The quantitative estimate of drug-likeness (QED) is 0.699. The van der Waals surface area contributed by atoms with Gasteiger partial charge in [0, 0.05) is 25.2 Å². The third-order valence-electron chi connectivity index (χ3n) is 4.89. The number of nitrogens with zero attached hydrogens (tertiary/aromatic N) is 1. The number of ether oxygens (including phenoxy) is 2. The number of hydrogen-bond donors (Lipinski definition) is 1. The maximum absolute atomic E-state index is 12.5. The summed E-state index contributed by atoms with van der Waals surface area (Å²) in [6.45, 7) is 2.34. The van der Waals surface area contributed by atoms with Crippen LogP contribution in [0.15, 0.2) is 0 Å². The van der Waals surface area contributed by atoms with E-state index in [1.807, 2.05) is 0 Å². The van der Waals surface area contributed by atoms with Gasteiger partial charge in [-0.05, 0) is 45.1 Å². The van der Waals surface area contributed by atoms with Crippen LogP contribution in [-0.4, -0.2) is 62.4 Å². The van der Waals surface area contributed by atoms with Crippen molar-refractivity contribution in [3.8, 4) is 0 Å². The molecule has 1 saturated heterocycles. The molecule has 0 aromatic heterocycles. The van der Waals surface area contributed by atoms with Crippen LogP contribution in [0.25, 0.3) is 0 Å². The summed E-state index contributed by atoms with van der Waals surface area (Å²) in [4.78, 5) is 14.8. The van der Waals surface area contributed by atoms with E-state index in [9.17, 15) is 4.79 Å². The number of nitrogens with one attached hydrogen (secondary N) is 1. The highest BCUT2D eigenvalue weighted by molar-refractivity contribution is 5.82.